The SMILES string of the molecule is Cc1ccccc1CSc1nnc(NC(=O)c2ccc(S(=O)(=O)c3ccccc3)o2)s1. The minimum absolute atomic E-state index is 0.0933. The Hall–Kier alpha value is -2.95. The first-order valence-electron chi connectivity index (χ1n) is 9.15. The molecule has 4 aromatic rings. The highest BCUT2D eigenvalue weighted by Crippen LogP contribution is 2.29. The van der Waals surface area contributed by atoms with Crippen LogP contribution < -0.4 is 5.32 Å². The first-order chi connectivity index (χ1) is 14.9. The lowest BCUT2D eigenvalue weighted by molar-refractivity contribution is 0.0991. The molecule has 7 nitrogen and oxygen atoms in total. The van der Waals surface area contributed by atoms with E-state index < -0.39 is 15.7 Å². The van der Waals surface area contributed by atoms with Crippen LogP contribution in [0.15, 0.2) is 85.5 Å². The van der Waals surface area contributed by atoms with Crippen LogP contribution >= 0.6 is 23.1 Å². The number of carbonyl (C=O) groups is 1. The number of nitrogens with zero attached hydrogens (tertiary/aromatic N) is 2. The van der Waals surface area contributed by atoms with Crippen LogP contribution in [-0.2, 0) is 15.6 Å². The minimum Gasteiger partial charge on any atom is -0.439 e. The van der Waals surface area contributed by atoms with Crippen molar-refractivity contribution in [3.63, 3.8) is 0 Å². The molecule has 0 saturated heterocycles. The Morgan fingerprint density at radius 3 is 2.55 bits per heavy atom. The van der Waals surface area contributed by atoms with Crippen LogP contribution in [0.3, 0.4) is 0 Å². The van der Waals surface area contributed by atoms with Gasteiger partial charge in [-0.25, -0.2) is 8.42 Å². The van der Waals surface area contributed by atoms with Crippen LogP contribution in [0.4, 0.5) is 5.13 Å². The van der Waals surface area contributed by atoms with E-state index in [1.807, 2.05) is 12.1 Å². The van der Waals surface area contributed by atoms with Gasteiger partial charge in [0.1, 0.15) is 0 Å². The van der Waals surface area contributed by atoms with Gasteiger partial charge in [0.25, 0.3) is 5.91 Å². The van der Waals surface area contributed by atoms with Crippen molar-refractivity contribution >= 4 is 44.0 Å². The van der Waals surface area contributed by atoms with Crippen molar-refractivity contribution in [3.8, 4) is 0 Å². The Balaban J connectivity index is 1.41. The van der Waals surface area contributed by atoms with Crippen LogP contribution in [0.2, 0.25) is 0 Å². The lowest BCUT2D eigenvalue weighted by atomic mass is 10.1. The van der Waals surface area contributed by atoms with Crippen molar-refractivity contribution in [2.24, 2.45) is 0 Å². The van der Waals surface area contributed by atoms with Crippen LogP contribution in [0.25, 0.3) is 0 Å². The highest BCUT2D eigenvalue weighted by molar-refractivity contribution is 8.00. The molecule has 158 valence electrons. The predicted octanol–water partition coefficient (Wildman–Crippen LogP) is 4.82. The molecule has 0 unspecified atom stereocenters. The number of thioether (sulfide) groups is 1. The molecule has 0 spiro atoms. The third-order valence-electron chi connectivity index (χ3n) is 4.36. The third kappa shape index (κ3) is 4.87. The molecule has 10 heteroatoms. The summed E-state index contributed by atoms with van der Waals surface area (Å²) in [7, 11) is -3.83. The number of hydrogen-bond donors (Lipinski definition) is 1. The van der Waals surface area contributed by atoms with E-state index >= 15 is 0 Å². The van der Waals surface area contributed by atoms with Gasteiger partial charge in [-0.15, -0.1) is 10.2 Å². The van der Waals surface area contributed by atoms with Crippen molar-refractivity contribution < 1.29 is 17.6 Å². The molecule has 0 radical (unpaired) electrons. The van der Waals surface area contributed by atoms with E-state index in [1.54, 1.807) is 18.2 Å². The van der Waals surface area contributed by atoms with Gasteiger partial charge >= 0.3 is 0 Å². The molecule has 0 fully saturated rings. The number of aryl methyl sites for hydroxylation is 1. The van der Waals surface area contributed by atoms with Gasteiger partial charge in [-0.3, -0.25) is 10.1 Å². The average Bonchev–Trinajstić information content (AvgIpc) is 3.44. The average molecular weight is 472 g/mol. The number of furan rings is 1. The molecule has 1 amide bonds. The van der Waals surface area contributed by atoms with Gasteiger partial charge in [0.15, 0.2) is 10.1 Å². The van der Waals surface area contributed by atoms with Gasteiger partial charge in [0, 0.05) is 5.75 Å². The zero-order valence-electron chi connectivity index (χ0n) is 16.3. The number of aromatic nitrogens is 2. The number of benzene rings is 2. The first-order valence-corrected chi connectivity index (χ1v) is 12.4. The molecule has 0 saturated carbocycles. The highest BCUT2D eigenvalue weighted by atomic mass is 32.2. The largest absolute Gasteiger partial charge is 0.439 e. The van der Waals surface area contributed by atoms with Gasteiger partial charge in [-0.05, 0) is 42.3 Å². The van der Waals surface area contributed by atoms with Crippen molar-refractivity contribution in [1.29, 1.82) is 0 Å². The predicted molar refractivity (Wildman–Crippen MR) is 119 cm³/mol. The molecule has 2 aromatic heterocycles. The van der Waals surface area contributed by atoms with E-state index in [2.05, 4.69) is 34.6 Å². The standard InChI is InChI=1S/C21H17N3O4S3/c1-14-7-5-6-8-15(14)13-29-21-24-23-20(30-21)22-19(25)17-11-12-18(28-17)31(26,27)16-9-3-2-4-10-16/h2-12H,13H2,1H3,(H,22,23,25). The topological polar surface area (TPSA) is 102 Å². The van der Waals surface area contributed by atoms with Gasteiger partial charge in [0.2, 0.25) is 20.1 Å². The zero-order valence-corrected chi connectivity index (χ0v) is 18.8. The van der Waals surface area contributed by atoms with Gasteiger partial charge in [0.05, 0.1) is 4.90 Å². The van der Waals surface area contributed by atoms with Gasteiger partial charge in [-0.2, -0.15) is 0 Å². The summed E-state index contributed by atoms with van der Waals surface area (Å²) in [6, 6.07) is 18.6. The van der Waals surface area contributed by atoms with Crippen molar-refractivity contribution in [3.05, 3.63) is 83.6 Å². The summed E-state index contributed by atoms with van der Waals surface area (Å²) >= 11 is 2.77. The second-order valence-corrected chi connectivity index (χ2v) is 10.6. The number of amides is 1. The van der Waals surface area contributed by atoms with E-state index in [-0.39, 0.29) is 15.7 Å². The van der Waals surface area contributed by atoms with E-state index in [0.29, 0.717) is 9.47 Å². The molecular weight excluding hydrogens is 454 g/mol. The Kier molecular flexibility index (Phi) is 6.21. The number of carbonyl (C=O) groups excluding carboxylic acids is 1. The van der Waals surface area contributed by atoms with Crippen LogP contribution in [0, 0.1) is 6.92 Å². The number of nitrogens with one attached hydrogen (secondary N) is 1. The van der Waals surface area contributed by atoms with E-state index in [0.717, 1.165) is 5.75 Å². The second kappa shape index (κ2) is 9.04. The number of sulfone groups is 1. The lowest BCUT2D eigenvalue weighted by Gasteiger charge is -2.02. The van der Waals surface area contributed by atoms with Crippen molar-refractivity contribution in [2.75, 3.05) is 5.32 Å². The van der Waals surface area contributed by atoms with E-state index in [9.17, 15) is 13.2 Å². The highest BCUT2D eigenvalue weighted by Gasteiger charge is 2.23. The molecule has 0 bridgehead atoms. The Bertz CT molecular complexity index is 1310. The second-order valence-electron chi connectivity index (χ2n) is 6.48. The molecule has 2 heterocycles. The van der Waals surface area contributed by atoms with Crippen LogP contribution in [0.1, 0.15) is 21.7 Å². The third-order valence-corrected chi connectivity index (χ3v) is 8.03. The fraction of sp³-hybridized carbons (Fsp3) is 0.0952. The maximum atomic E-state index is 12.6. The van der Waals surface area contributed by atoms with Crippen LogP contribution in [0.5, 0.6) is 0 Å². The monoisotopic (exact) mass is 471 g/mol. The maximum Gasteiger partial charge on any atom is 0.293 e. The summed E-state index contributed by atoms with van der Waals surface area (Å²) in [5.74, 6) is 0.0219. The summed E-state index contributed by atoms with van der Waals surface area (Å²) < 4.78 is 31.2. The Morgan fingerprint density at radius 1 is 1.03 bits per heavy atom. The molecule has 0 atom stereocenters. The smallest absolute Gasteiger partial charge is 0.293 e. The maximum absolute atomic E-state index is 12.6. The normalized spacial score (nSPS) is 11.4. The first kappa shape index (κ1) is 21.3. The fourth-order valence-electron chi connectivity index (χ4n) is 2.69. The summed E-state index contributed by atoms with van der Waals surface area (Å²) in [5, 5.41) is 10.7. The quantitative estimate of drug-likeness (QED) is 0.305. The summed E-state index contributed by atoms with van der Waals surface area (Å²) in [6.07, 6.45) is 0. The molecule has 1 N–H and O–H groups in total. The minimum atomic E-state index is -3.83. The number of hydrogen-bond acceptors (Lipinski definition) is 8. The molecule has 31 heavy (non-hydrogen) atoms. The molecule has 2 aromatic carbocycles. The molecule has 0 aliphatic carbocycles. The summed E-state index contributed by atoms with van der Waals surface area (Å²) in [6.45, 7) is 2.05. The summed E-state index contributed by atoms with van der Waals surface area (Å²) in [5.41, 5.74) is 2.41. The molecule has 0 aliphatic heterocycles. The van der Waals surface area contributed by atoms with E-state index in [1.165, 1.54) is 58.5 Å². The molecule has 4 rings (SSSR count). The fourth-order valence-corrected chi connectivity index (χ4v) is 5.71. The van der Waals surface area contributed by atoms with Crippen LogP contribution in [-0.4, -0.2) is 24.5 Å². The number of anilines is 1. The number of rotatable bonds is 7. The van der Waals surface area contributed by atoms with Gasteiger partial charge in [-0.1, -0.05) is 65.6 Å². The molecular formula is C21H17N3O4S3. The van der Waals surface area contributed by atoms with Crippen molar-refractivity contribution in [2.45, 2.75) is 27.0 Å². The van der Waals surface area contributed by atoms with Gasteiger partial charge < -0.3 is 4.42 Å². The lowest BCUT2D eigenvalue weighted by Crippen LogP contribution is -2.10. The zero-order chi connectivity index (χ0) is 21.8. The van der Waals surface area contributed by atoms with Crippen molar-refractivity contribution in [1.82, 2.24) is 10.2 Å². The Morgan fingerprint density at radius 2 is 1.77 bits per heavy atom. The summed E-state index contributed by atoms with van der Waals surface area (Å²) in [4.78, 5) is 12.5. The Labute approximate surface area is 187 Å². The van der Waals surface area contributed by atoms with E-state index in [4.69, 9.17) is 4.42 Å². The molecule has 0 aliphatic rings.